The van der Waals surface area contributed by atoms with E-state index in [1.807, 2.05) is 24.3 Å². The number of hydrogen-bond acceptors (Lipinski definition) is 2. The average molecular weight is 690 g/mol. The zero-order valence-corrected chi connectivity index (χ0v) is 30.2. The number of para-hydroxylation sites is 2. The first-order valence-electron chi connectivity index (χ1n) is 19.1. The predicted octanol–water partition coefficient (Wildman–Crippen LogP) is 14.0. The quantitative estimate of drug-likeness (QED) is 0.173. The van der Waals surface area contributed by atoms with Gasteiger partial charge in [0.25, 0.3) is 0 Å². The van der Waals surface area contributed by atoms with E-state index in [9.17, 15) is 0 Å². The summed E-state index contributed by atoms with van der Waals surface area (Å²) in [7, 11) is 0. The molecule has 1 aromatic heterocycles. The van der Waals surface area contributed by atoms with E-state index in [0.717, 1.165) is 29.5 Å². The first kappa shape index (κ1) is 30.0. The molecular weight excluding hydrogens is 655 g/mol. The molecule has 2 nitrogen and oxygen atoms in total. The summed E-state index contributed by atoms with van der Waals surface area (Å²) in [6.07, 6.45) is 9.13. The van der Waals surface area contributed by atoms with Gasteiger partial charge in [-0.25, -0.2) is 4.98 Å². The van der Waals surface area contributed by atoms with Gasteiger partial charge < -0.3 is 4.42 Å². The maximum Gasteiger partial charge on any atom is 0.227 e. The van der Waals surface area contributed by atoms with Gasteiger partial charge in [0.05, 0.1) is 0 Å². The van der Waals surface area contributed by atoms with Crippen LogP contribution in [-0.2, 0) is 11.8 Å². The highest BCUT2D eigenvalue weighted by molar-refractivity contribution is 6.25. The molecule has 8 aromatic carbocycles. The molecule has 0 unspecified atom stereocenters. The van der Waals surface area contributed by atoms with Gasteiger partial charge in [0, 0.05) is 11.0 Å². The standard InChI is InChI=1S/C52H35NO/c1-52(2)43-18-6-5-14-35(43)39-28-41-42(29-44(39)52)50(40-27-34-13-9-11-30-21-22-31-12-10-17-38(40)49(31)47(30)34)37-16-4-3-15-36(37)48(41)32-23-25-33(26-24-32)51-53-45-19-7-8-20-46(45)54-51/h3-10,12-21,23-29H,11,22H2,1-2H3. The third-order valence-electron chi connectivity index (χ3n) is 12.5. The molecule has 0 aliphatic heterocycles. The van der Waals surface area contributed by atoms with E-state index in [2.05, 4.69) is 141 Å². The van der Waals surface area contributed by atoms with Crippen LogP contribution in [0.15, 0.2) is 150 Å². The van der Waals surface area contributed by atoms with Crippen LogP contribution >= 0.6 is 0 Å². The Hall–Kier alpha value is -6.51. The maximum atomic E-state index is 6.18. The van der Waals surface area contributed by atoms with Gasteiger partial charge >= 0.3 is 0 Å². The van der Waals surface area contributed by atoms with Crippen molar-refractivity contribution < 1.29 is 4.42 Å². The molecule has 2 heteroatoms. The van der Waals surface area contributed by atoms with Crippen molar-refractivity contribution in [2.24, 2.45) is 0 Å². The Labute approximate surface area is 313 Å². The Kier molecular flexibility index (Phi) is 5.99. The molecule has 0 saturated carbocycles. The SMILES string of the molecule is CC1(C)c2ccccc2-c2cc3c(-c4ccc(-c5nc6ccccc6o5)cc4)c4ccccc4c(-c4cc5c6c7c(cccc47)CC=C6CC=C5)c3cc21. The molecule has 254 valence electrons. The number of allylic oxidation sites excluding steroid dienone is 3. The fourth-order valence-corrected chi connectivity index (χ4v) is 10.0. The summed E-state index contributed by atoms with van der Waals surface area (Å²) in [4.78, 5) is 4.80. The van der Waals surface area contributed by atoms with Crippen molar-refractivity contribution in [3.63, 3.8) is 0 Å². The third-order valence-corrected chi connectivity index (χ3v) is 12.5. The van der Waals surface area contributed by atoms with E-state index >= 15 is 0 Å². The number of aromatic nitrogens is 1. The van der Waals surface area contributed by atoms with Crippen LogP contribution in [0, 0.1) is 0 Å². The smallest absolute Gasteiger partial charge is 0.227 e. The fourth-order valence-electron chi connectivity index (χ4n) is 10.0. The maximum absolute atomic E-state index is 6.18. The summed E-state index contributed by atoms with van der Waals surface area (Å²) in [6.45, 7) is 4.78. The van der Waals surface area contributed by atoms with Gasteiger partial charge in [-0.15, -0.1) is 0 Å². The minimum Gasteiger partial charge on any atom is -0.436 e. The normalized spacial score (nSPS) is 14.9. The van der Waals surface area contributed by atoms with Crippen LogP contribution < -0.4 is 0 Å². The first-order chi connectivity index (χ1) is 26.5. The van der Waals surface area contributed by atoms with Gasteiger partial charge in [0.2, 0.25) is 5.89 Å². The van der Waals surface area contributed by atoms with Gasteiger partial charge in [0.15, 0.2) is 5.58 Å². The molecule has 3 aliphatic carbocycles. The topological polar surface area (TPSA) is 26.0 Å². The molecule has 0 amide bonds. The largest absolute Gasteiger partial charge is 0.436 e. The number of nitrogens with zero attached hydrogens (tertiary/aromatic N) is 1. The van der Waals surface area contributed by atoms with Crippen molar-refractivity contribution >= 4 is 55.1 Å². The number of benzene rings is 8. The molecule has 0 bridgehead atoms. The van der Waals surface area contributed by atoms with E-state index in [-0.39, 0.29) is 5.41 Å². The van der Waals surface area contributed by atoms with Crippen molar-refractivity contribution in [1.82, 2.24) is 4.98 Å². The molecular formula is C52H35NO. The number of hydrogen-bond donors (Lipinski definition) is 0. The van der Waals surface area contributed by atoms with E-state index in [1.54, 1.807) is 0 Å². The molecule has 54 heavy (non-hydrogen) atoms. The molecule has 12 rings (SSSR count). The Morgan fingerprint density at radius 3 is 2.17 bits per heavy atom. The number of fused-ring (bicyclic) bond motifs is 6. The lowest BCUT2D eigenvalue weighted by Crippen LogP contribution is -2.14. The van der Waals surface area contributed by atoms with Crippen LogP contribution in [0.4, 0.5) is 0 Å². The van der Waals surface area contributed by atoms with Crippen LogP contribution in [0.1, 0.15) is 48.1 Å². The highest BCUT2D eigenvalue weighted by atomic mass is 16.3. The summed E-state index contributed by atoms with van der Waals surface area (Å²) >= 11 is 0. The Morgan fingerprint density at radius 1 is 0.556 bits per heavy atom. The molecule has 0 N–H and O–H groups in total. The van der Waals surface area contributed by atoms with Crippen molar-refractivity contribution in [3.8, 4) is 44.8 Å². The van der Waals surface area contributed by atoms with Crippen molar-refractivity contribution in [1.29, 1.82) is 0 Å². The van der Waals surface area contributed by atoms with Crippen LogP contribution in [0.3, 0.4) is 0 Å². The molecule has 0 saturated heterocycles. The lowest BCUT2D eigenvalue weighted by molar-refractivity contribution is 0.620. The van der Waals surface area contributed by atoms with E-state index in [4.69, 9.17) is 9.40 Å². The Morgan fingerprint density at radius 2 is 1.30 bits per heavy atom. The molecule has 0 spiro atoms. The second-order valence-electron chi connectivity index (χ2n) is 15.7. The third kappa shape index (κ3) is 4.03. The van der Waals surface area contributed by atoms with Gasteiger partial charge in [-0.05, 0) is 154 Å². The van der Waals surface area contributed by atoms with Gasteiger partial charge in [-0.1, -0.05) is 123 Å². The zero-order chi connectivity index (χ0) is 35.7. The first-order valence-corrected chi connectivity index (χ1v) is 19.1. The van der Waals surface area contributed by atoms with Crippen LogP contribution in [0.5, 0.6) is 0 Å². The fraction of sp³-hybridized carbons (Fsp3) is 0.0962. The molecule has 9 aromatic rings. The van der Waals surface area contributed by atoms with Crippen molar-refractivity contribution in [2.45, 2.75) is 32.1 Å². The van der Waals surface area contributed by atoms with Crippen LogP contribution in [0.2, 0.25) is 0 Å². The highest BCUT2D eigenvalue weighted by Gasteiger charge is 2.36. The van der Waals surface area contributed by atoms with Gasteiger partial charge in [0.1, 0.15) is 5.52 Å². The minimum absolute atomic E-state index is 0.126. The lowest BCUT2D eigenvalue weighted by atomic mass is 9.76. The number of rotatable bonds is 3. The number of oxazole rings is 1. The van der Waals surface area contributed by atoms with E-state index in [1.165, 1.54) is 99.1 Å². The lowest BCUT2D eigenvalue weighted by Gasteiger charge is -2.27. The van der Waals surface area contributed by atoms with Crippen molar-refractivity contribution in [2.75, 3.05) is 0 Å². The molecule has 0 radical (unpaired) electrons. The van der Waals surface area contributed by atoms with Crippen molar-refractivity contribution in [3.05, 3.63) is 173 Å². The second kappa shape index (κ2) is 10.8. The summed E-state index contributed by atoms with van der Waals surface area (Å²) in [5.74, 6) is 0.642. The minimum atomic E-state index is -0.126. The van der Waals surface area contributed by atoms with Gasteiger partial charge in [-0.3, -0.25) is 0 Å². The molecule has 0 atom stereocenters. The summed E-state index contributed by atoms with van der Waals surface area (Å²) < 4.78 is 6.18. The Bertz CT molecular complexity index is 3140. The Balaban J connectivity index is 1.19. The van der Waals surface area contributed by atoms with Crippen LogP contribution in [0.25, 0.3) is 99.9 Å². The van der Waals surface area contributed by atoms with E-state index < -0.39 is 0 Å². The average Bonchev–Trinajstić information content (AvgIpc) is 3.75. The van der Waals surface area contributed by atoms with Crippen LogP contribution in [-0.4, -0.2) is 4.98 Å². The summed E-state index contributed by atoms with van der Waals surface area (Å²) in [6, 6.07) is 49.3. The monoisotopic (exact) mass is 689 g/mol. The van der Waals surface area contributed by atoms with E-state index in [0.29, 0.717) is 5.89 Å². The molecule has 1 heterocycles. The zero-order valence-electron chi connectivity index (χ0n) is 30.2. The second-order valence-corrected chi connectivity index (χ2v) is 15.7. The molecule has 3 aliphatic rings. The summed E-state index contributed by atoms with van der Waals surface area (Å²) in [5.41, 5.74) is 18.7. The van der Waals surface area contributed by atoms with Gasteiger partial charge in [-0.2, -0.15) is 0 Å². The molecule has 0 fully saturated rings. The predicted molar refractivity (Wildman–Crippen MR) is 226 cm³/mol. The highest BCUT2D eigenvalue weighted by Crippen LogP contribution is 2.54. The summed E-state index contributed by atoms with van der Waals surface area (Å²) in [5, 5.41) is 7.87.